The Morgan fingerprint density at radius 2 is 1.68 bits per heavy atom. The molecule has 0 amide bonds. The van der Waals surface area contributed by atoms with Crippen LogP contribution in [0.1, 0.15) is 78.6 Å². The van der Waals surface area contributed by atoms with Gasteiger partial charge in [-0.25, -0.2) is 0 Å². The predicted molar refractivity (Wildman–Crippen MR) is 105 cm³/mol. The van der Waals surface area contributed by atoms with Crippen molar-refractivity contribution in [2.75, 3.05) is 7.11 Å². The molecule has 4 rings (SSSR count). The molecule has 0 radical (unpaired) electrons. The molecule has 0 saturated heterocycles. The van der Waals surface area contributed by atoms with Crippen LogP contribution in [0.15, 0.2) is 12.7 Å². The first-order valence-corrected chi connectivity index (χ1v) is 11.1. The highest BCUT2D eigenvalue weighted by atomic mass is 16.5. The maximum Gasteiger partial charge on any atom is 0.0574 e. The van der Waals surface area contributed by atoms with Crippen LogP contribution < -0.4 is 0 Å². The molecule has 4 aliphatic rings. The van der Waals surface area contributed by atoms with Gasteiger partial charge in [0.05, 0.1) is 6.10 Å². The van der Waals surface area contributed by atoms with Crippen LogP contribution in [-0.2, 0) is 4.74 Å². The zero-order valence-corrected chi connectivity index (χ0v) is 17.1. The van der Waals surface area contributed by atoms with Crippen molar-refractivity contribution in [1.82, 2.24) is 0 Å². The number of fused-ring (bicyclic) bond motifs is 5. The van der Waals surface area contributed by atoms with Gasteiger partial charge in [-0.2, -0.15) is 0 Å². The average Bonchev–Trinajstić information content (AvgIpc) is 2.97. The molecule has 0 aromatic rings. The van der Waals surface area contributed by atoms with E-state index in [1.807, 2.05) is 7.11 Å². The van der Waals surface area contributed by atoms with Crippen molar-refractivity contribution in [2.24, 2.45) is 46.3 Å². The topological polar surface area (TPSA) is 9.23 Å². The maximum atomic E-state index is 5.75. The molecular weight excluding hydrogens is 304 g/mol. The van der Waals surface area contributed by atoms with Crippen molar-refractivity contribution in [3.05, 3.63) is 12.7 Å². The van der Waals surface area contributed by atoms with Crippen molar-refractivity contribution < 1.29 is 4.74 Å². The highest BCUT2D eigenvalue weighted by molar-refractivity contribution is 5.10. The summed E-state index contributed by atoms with van der Waals surface area (Å²) in [6.07, 6.45) is 15.7. The lowest BCUT2D eigenvalue weighted by Crippen LogP contribution is -2.54. The van der Waals surface area contributed by atoms with Crippen molar-refractivity contribution in [2.45, 2.75) is 84.7 Å². The Bertz CT molecular complexity index is 512. The second-order valence-electron chi connectivity index (χ2n) is 10.6. The van der Waals surface area contributed by atoms with Gasteiger partial charge in [0.1, 0.15) is 0 Å². The molecule has 0 aliphatic heterocycles. The van der Waals surface area contributed by atoms with Crippen LogP contribution in [0.25, 0.3) is 0 Å². The lowest BCUT2D eigenvalue weighted by molar-refractivity contribution is -0.132. The minimum atomic E-state index is 0.535. The maximum absolute atomic E-state index is 5.75. The molecule has 4 aliphatic carbocycles. The number of rotatable bonds is 3. The van der Waals surface area contributed by atoms with E-state index in [9.17, 15) is 0 Å². The molecule has 0 unspecified atom stereocenters. The number of hydrogen-bond acceptors (Lipinski definition) is 1. The van der Waals surface area contributed by atoms with Crippen molar-refractivity contribution in [1.29, 1.82) is 0 Å². The number of methoxy groups -OCH3 is 1. The largest absolute Gasteiger partial charge is 0.381 e. The van der Waals surface area contributed by atoms with Gasteiger partial charge >= 0.3 is 0 Å². The van der Waals surface area contributed by atoms with Gasteiger partial charge in [0.2, 0.25) is 0 Å². The summed E-state index contributed by atoms with van der Waals surface area (Å²) in [4.78, 5) is 0. The smallest absolute Gasteiger partial charge is 0.0574 e. The quantitative estimate of drug-likeness (QED) is 0.532. The van der Waals surface area contributed by atoms with E-state index < -0.39 is 0 Å². The molecule has 0 heterocycles. The molecule has 25 heavy (non-hydrogen) atoms. The fourth-order valence-corrected chi connectivity index (χ4v) is 8.50. The van der Waals surface area contributed by atoms with Gasteiger partial charge < -0.3 is 4.74 Å². The molecular formula is C24H40O. The lowest BCUT2D eigenvalue weighted by atomic mass is 9.44. The Kier molecular flexibility index (Phi) is 4.63. The minimum absolute atomic E-state index is 0.535. The second-order valence-corrected chi connectivity index (χ2v) is 10.6. The van der Waals surface area contributed by atoms with Crippen molar-refractivity contribution in [3.8, 4) is 0 Å². The van der Waals surface area contributed by atoms with Crippen LogP contribution in [0, 0.1) is 46.3 Å². The summed E-state index contributed by atoms with van der Waals surface area (Å²) >= 11 is 0. The molecule has 0 spiro atoms. The van der Waals surface area contributed by atoms with E-state index in [1.165, 1.54) is 57.8 Å². The van der Waals surface area contributed by atoms with Crippen molar-refractivity contribution >= 4 is 0 Å². The monoisotopic (exact) mass is 344 g/mol. The molecule has 4 saturated carbocycles. The summed E-state index contributed by atoms with van der Waals surface area (Å²) in [5.41, 5.74) is 1.18. The van der Waals surface area contributed by atoms with Crippen LogP contribution >= 0.6 is 0 Å². The Balaban J connectivity index is 1.57. The lowest BCUT2D eigenvalue weighted by Gasteiger charge is -2.61. The van der Waals surface area contributed by atoms with E-state index in [-0.39, 0.29) is 0 Å². The first-order chi connectivity index (χ1) is 11.9. The van der Waals surface area contributed by atoms with Gasteiger partial charge in [-0.15, -0.1) is 6.58 Å². The predicted octanol–water partition coefficient (Wildman–Crippen LogP) is 6.48. The van der Waals surface area contributed by atoms with Crippen LogP contribution in [0.3, 0.4) is 0 Å². The first kappa shape index (κ1) is 18.1. The van der Waals surface area contributed by atoms with Gasteiger partial charge in [0, 0.05) is 7.11 Å². The van der Waals surface area contributed by atoms with E-state index in [0.717, 1.165) is 29.6 Å². The van der Waals surface area contributed by atoms with Gasteiger partial charge in [0.25, 0.3) is 0 Å². The molecule has 1 nitrogen and oxygen atoms in total. The fraction of sp³-hybridized carbons (Fsp3) is 0.917. The van der Waals surface area contributed by atoms with Gasteiger partial charge in [-0.05, 0) is 104 Å². The SMILES string of the molecule is C=C[C@@H](C)[C@H]1CC[C@H]2[C@@H]3CC[C@@H]4C[C@H](OC)CC[C@]4(C)[C@H]3CC[C@]12C. The molecule has 0 aromatic heterocycles. The Morgan fingerprint density at radius 3 is 2.40 bits per heavy atom. The number of allylic oxidation sites excluding steroid dienone is 1. The van der Waals surface area contributed by atoms with Crippen LogP contribution in [-0.4, -0.2) is 13.2 Å². The molecule has 4 fully saturated rings. The Morgan fingerprint density at radius 1 is 0.960 bits per heavy atom. The van der Waals surface area contributed by atoms with Gasteiger partial charge in [-0.1, -0.05) is 26.8 Å². The number of hydrogen-bond donors (Lipinski definition) is 0. The van der Waals surface area contributed by atoms with Gasteiger partial charge in [0.15, 0.2) is 0 Å². The van der Waals surface area contributed by atoms with E-state index in [2.05, 4.69) is 33.4 Å². The summed E-state index contributed by atoms with van der Waals surface area (Å²) in [7, 11) is 1.92. The van der Waals surface area contributed by atoms with E-state index >= 15 is 0 Å². The molecule has 0 bridgehead atoms. The summed E-state index contributed by atoms with van der Waals surface area (Å²) < 4.78 is 5.75. The summed E-state index contributed by atoms with van der Waals surface area (Å²) in [6.45, 7) is 11.9. The van der Waals surface area contributed by atoms with E-state index in [4.69, 9.17) is 4.74 Å². The van der Waals surface area contributed by atoms with Crippen LogP contribution in [0.5, 0.6) is 0 Å². The minimum Gasteiger partial charge on any atom is -0.381 e. The standard InChI is InChI=1S/C24H40O/c1-6-16(2)20-9-10-21-19-8-7-17-15-18(25-5)11-13-23(17,3)22(19)12-14-24(20,21)4/h6,16-22H,1,7-15H2,2-5H3/t16-,17-,18-,19+,20-,21+,22+,23+,24-/m1/s1. The molecule has 9 atom stereocenters. The Hall–Kier alpha value is -0.300. The number of ether oxygens (including phenoxy) is 1. The molecule has 0 N–H and O–H groups in total. The fourth-order valence-electron chi connectivity index (χ4n) is 8.50. The first-order valence-electron chi connectivity index (χ1n) is 11.1. The highest BCUT2D eigenvalue weighted by Gasteiger charge is 2.60. The third-order valence-corrected chi connectivity index (χ3v) is 10.0. The zero-order chi connectivity index (χ0) is 17.8. The van der Waals surface area contributed by atoms with Crippen LogP contribution in [0.2, 0.25) is 0 Å². The molecule has 142 valence electrons. The summed E-state index contributed by atoms with van der Waals surface area (Å²) in [6, 6.07) is 0. The van der Waals surface area contributed by atoms with Crippen LogP contribution in [0.4, 0.5) is 0 Å². The Labute approximate surface area is 156 Å². The second kappa shape index (κ2) is 6.39. The van der Waals surface area contributed by atoms with E-state index in [1.54, 1.807) is 0 Å². The van der Waals surface area contributed by atoms with Gasteiger partial charge in [-0.3, -0.25) is 0 Å². The summed E-state index contributed by atoms with van der Waals surface area (Å²) in [5.74, 6) is 5.46. The molecule has 1 heteroatoms. The van der Waals surface area contributed by atoms with Crippen molar-refractivity contribution in [3.63, 3.8) is 0 Å². The zero-order valence-electron chi connectivity index (χ0n) is 17.1. The summed E-state index contributed by atoms with van der Waals surface area (Å²) in [5, 5.41) is 0. The molecule has 0 aromatic carbocycles. The highest BCUT2D eigenvalue weighted by Crippen LogP contribution is 2.68. The normalized spacial score (nSPS) is 53.4. The average molecular weight is 345 g/mol. The third-order valence-electron chi connectivity index (χ3n) is 10.0. The van der Waals surface area contributed by atoms with E-state index in [0.29, 0.717) is 22.9 Å². The third kappa shape index (κ3) is 2.59.